The van der Waals surface area contributed by atoms with Crippen molar-refractivity contribution in [1.29, 1.82) is 0 Å². The minimum atomic E-state index is -3.79. The number of sulfonamides is 1. The third kappa shape index (κ3) is 3.72. The number of benzene rings is 2. The van der Waals surface area contributed by atoms with E-state index in [9.17, 15) is 13.2 Å². The number of amides is 1. The zero-order chi connectivity index (χ0) is 19.7. The van der Waals surface area contributed by atoms with Gasteiger partial charge in [-0.3, -0.25) is 4.79 Å². The summed E-state index contributed by atoms with van der Waals surface area (Å²) in [6, 6.07) is 11.6. The first kappa shape index (κ1) is 18.8. The van der Waals surface area contributed by atoms with E-state index in [0.29, 0.717) is 32.4 Å². The molecule has 0 atom stereocenters. The lowest BCUT2D eigenvalue weighted by Gasteiger charge is -2.09. The monoisotopic (exact) mass is 431 g/mol. The standard InChI is InChI=1S/C19H14ClN3O3S2/c20-16-4-2-1-3-12(16)11-22-28(25,26)13-5-6-17-14(9-13)15(19(24)23-17)10-18-21-7-8-27-18/h1-10,22H,11H2,(H,23,24)/b15-10+. The second-order valence-electron chi connectivity index (χ2n) is 6.01. The molecular formula is C19H14ClN3O3S2. The number of nitrogens with zero attached hydrogens (tertiary/aromatic N) is 1. The van der Waals surface area contributed by atoms with Crippen LogP contribution in [0.15, 0.2) is 58.9 Å². The fraction of sp³-hybridized carbons (Fsp3) is 0.0526. The quantitative estimate of drug-likeness (QED) is 0.602. The lowest BCUT2D eigenvalue weighted by molar-refractivity contribution is -0.110. The number of fused-ring (bicyclic) bond motifs is 1. The van der Waals surface area contributed by atoms with E-state index in [4.69, 9.17) is 11.6 Å². The largest absolute Gasteiger partial charge is 0.321 e. The zero-order valence-electron chi connectivity index (χ0n) is 14.3. The van der Waals surface area contributed by atoms with Crippen LogP contribution in [0, 0.1) is 0 Å². The van der Waals surface area contributed by atoms with E-state index in [2.05, 4.69) is 15.0 Å². The van der Waals surface area contributed by atoms with E-state index in [0.717, 1.165) is 0 Å². The molecule has 0 saturated heterocycles. The summed E-state index contributed by atoms with van der Waals surface area (Å²) in [5.41, 5.74) is 2.15. The molecule has 28 heavy (non-hydrogen) atoms. The van der Waals surface area contributed by atoms with Crippen LogP contribution in [0.5, 0.6) is 0 Å². The van der Waals surface area contributed by atoms with Crippen molar-refractivity contribution < 1.29 is 13.2 Å². The van der Waals surface area contributed by atoms with E-state index in [1.807, 2.05) is 0 Å². The van der Waals surface area contributed by atoms with Crippen molar-refractivity contribution in [2.75, 3.05) is 5.32 Å². The van der Waals surface area contributed by atoms with Crippen molar-refractivity contribution in [1.82, 2.24) is 9.71 Å². The lowest BCUT2D eigenvalue weighted by Crippen LogP contribution is -2.23. The summed E-state index contributed by atoms with van der Waals surface area (Å²) >= 11 is 7.48. The molecule has 1 aliphatic rings. The molecule has 9 heteroatoms. The van der Waals surface area contributed by atoms with Gasteiger partial charge in [-0.2, -0.15) is 0 Å². The maximum Gasteiger partial charge on any atom is 0.256 e. The summed E-state index contributed by atoms with van der Waals surface area (Å²) < 4.78 is 28.0. The van der Waals surface area contributed by atoms with Crippen molar-refractivity contribution in [3.05, 3.63) is 75.2 Å². The number of carbonyl (C=O) groups is 1. The van der Waals surface area contributed by atoms with Crippen LogP contribution in [0.1, 0.15) is 16.1 Å². The van der Waals surface area contributed by atoms with Crippen molar-refractivity contribution in [2.24, 2.45) is 0 Å². The third-order valence-electron chi connectivity index (χ3n) is 4.21. The number of thiazole rings is 1. The summed E-state index contributed by atoms with van der Waals surface area (Å²) in [6.07, 6.45) is 3.30. The molecule has 0 aliphatic carbocycles. The molecule has 0 bridgehead atoms. The number of hydrogen-bond donors (Lipinski definition) is 2. The molecule has 1 amide bonds. The third-order valence-corrected chi connectivity index (χ3v) is 6.70. The molecule has 0 saturated carbocycles. The maximum absolute atomic E-state index is 12.7. The van der Waals surface area contributed by atoms with Crippen molar-refractivity contribution >= 4 is 56.2 Å². The highest BCUT2D eigenvalue weighted by molar-refractivity contribution is 7.89. The summed E-state index contributed by atoms with van der Waals surface area (Å²) in [7, 11) is -3.79. The van der Waals surface area contributed by atoms with Gasteiger partial charge in [-0.25, -0.2) is 18.1 Å². The van der Waals surface area contributed by atoms with Gasteiger partial charge in [0.05, 0.1) is 10.5 Å². The summed E-state index contributed by atoms with van der Waals surface area (Å²) in [4.78, 5) is 16.5. The van der Waals surface area contributed by atoms with Crippen LogP contribution in [-0.2, 0) is 21.4 Å². The van der Waals surface area contributed by atoms with Gasteiger partial charge in [-0.1, -0.05) is 29.8 Å². The van der Waals surface area contributed by atoms with E-state index in [1.54, 1.807) is 48.0 Å². The van der Waals surface area contributed by atoms with Gasteiger partial charge >= 0.3 is 0 Å². The Kier molecular flexibility index (Phi) is 5.03. The molecule has 2 heterocycles. The highest BCUT2D eigenvalue weighted by atomic mass is 35.5. The van der Waals surface area contributed by atoms with Crippen LogP contribution in [-0.4, -0.2) is 19.3 Å². The molecule has 2 N–H and O–H groups in total. The molecule has 0 spiro atoms. The predicted molar refractivity (Wildman–Crippen MR) is 111 cm³/mol. The number of rotatable bonds is 5. The lowest BCUT2D eigenvalue weighted by atomic mass is 10.1. The average Bonchev–Trinajstić information content (AvgIpc) is 3.29. The second kappa shape index (κ2) is 7.48. The Morgan fingerprint density at radius 2 is 2.04 bits per heavy atom. The minimum Gasteiger partial charge on any atom is -0.321 e. The van der Waals surface area contributed by atoms with Crippen LogP contribution in [0.3, 0.4) is 0 Å². The first-order valence-electron chi connectivity index (χ1n) is 8.24. The highest BCUT2D eigenvalue weighted by Crippen LogP contribution is 2.35. The van der Waals surface area contributed by atoms with E-state index in [1.165, 1.54) is 23.5 Å². The molecule has 1 aromatic heterocycles. The number of aromatic nitrogens is 1. The van der Waals surface area contributed by atoms with Gasteiger partial charge in [-0.05, 0) is 35.9 Å². The molecule has 1 aliphatic heterocycles. The Morgan fingerprint density at radius 3 is 2.79 bits per heavy atom. The normalized spacial score (nSPS) is 14.9. The Morgan fingerprint density at radius 1 is 1.21 bits per heavy atom. The van der Waals surface area contributed by atoms with Crippen molar-refractivity contribution in [3.63, 3.8) is 0 Å². The van der Waals surface area contributed by atoms with Gasteiger partial charge in [0.25, 0.3) is 5.91 Å². The number of carbonyl (C=O) groups excluding carboxylic acids is 1. The van der Waals surface area contributed by atoms with Gasteiger partial charge in [0.1, 0.15) is 5.01 Å². The van der Waals surface area contributed by atoms with Crippen molar-refractivity contribution in [2.45, 2.75) is 11.4 Å². The van der Waals surface area contributed by atoms with Gasteiger partial charge in [0.2, 0.25) is 10.0 Å². The summed E-state index contributed by atoms with van der Waals surface area (Å²) in [6.45, 7) is 0.0675. The zero-order valence-corrected chi connectivity index (χ0v) is 16.7. The van der Waals surface area contributed by atoms with Gasteiger partial charge in [0.15, 0.2) is 0 Å². The van der Waals surface area contributed by atoms with Crippen LogP contribution < -0.4 is 10.0 Å². The fourth-order valence-electron chi connectivity index (χ4n) is 2.80. The molecule has 142 valence electrons. The maximum atomic E-state index is 12.7. The van der Waals surface area contributed by atoms with Crippen LogP contribution >= 0.6 is 22.9 Å². The predicted octanol–water partition coefficient (Wildman–Crippen LogP) is 3.77. The van der Waals surface area contributed by atoms with Crippen LogP contribution in [0.2, 0.25) is 5.02 Å². The first-order chi connectivity index (χ1) is 13.4. The number of anilines is 1. The molecule has 0 radical (unpaired) electrons. The summed E-state index contributed by atoms with van der Waals surface area (Å²) in [5, 5.41) is 5.70. The Hall–Kier alpha value is -2.52. The van der Waals surface area contributed by atoms with Gasteiger partial charge < -0.3 is 5.32 Å². The minimum absolute atomic E-state index is 0.0675. The Labute approximate surface area is 170 Å². The topological polar surface area (TPSA) is 88.2 Å². The molecule has 0 fully saturated rings. The molecule has 0 unspecified atom stereocenters. The number of nitrogens with one attached hydrogen (secondary N) is 2. The molecule has 3 aromatic rings. The van der Waals surface area contributed by atoms with Crippen LogP contribution in [0.4, 0.5) is 5.69 Å². The molecular weight excluding hydrogens is 418 g/mol. The van der Waals surface area contributed by atoms with Crippen LogP contribution in [0.25, 0.3) is 11.6 Å². The van der Waals surface area contributed by atoms with E-state index < -0.39 is 10.0 Å². The SMILES string of the molecule is O=C1Nc2ccc(S(=O)(=O)NCc3ccccc3Cl)cc2/C1=C\c1nccs1. The van der Waals surface area contributed by atoms with E-state index in [-0.39, 0.29) is 17.3 Å². The first-order valence-corrected chi connectivity index (χ1v) is 11.0. The molecule has 6 nitrogen and oxygen atoms in total. The Bertz CT molecular complexity index is 1190. The highest BCUT2D eigenvalue weighted by Gasteiger charge is 2.27. The molecule has 2 aromatic carbocycles. The molecule has 4 rings (SSSR count). The number of halogens is 1. The van der Waals surface area contributed by atoms with Gasteiger partial charge in [0, 0.05) is 34.4 Å². The average molecular weight is 432 g/mol. The smallest absolute Gasteiger partial charge is 0.256 e. The fourth-order valence-corrected chi connectivity index (χ4v) is 4.61. The second-order valence-corrected chi connectivity index (χ2v) is 9.11. The van der Waals surface area contributed by atoms with Crippen molar-refractivity contribution in [3.8, 4) is 0 Å². The Balaban J connectivity index is 1.64. The summed E-state index contributed by atoms with van der Waals surface area (Å²) in [5.74, 6) is -0.288. The van der Waals surface area contributed by atoms with E-state index >= 15 is 0 Å². The number of hydrogen-bond acceptors (Lipinski definition) is 5. The van der Waals surface area contributed by atoms with Gasteiger partial charge in [-0.15, -0.1) is 11.3 Å².